The van der Waals surface area contributed by atoms with Crippen molar-refractivity contribution < 1.29 is 0 Å². The third-order valence-electron chi connectivity index (χ3n) is 2.60. The molecule has 0 aliphatic heterocycles. The highest BCUT2D eigenvalue weighted by atomic mass is 79.9. The van der Waals surface area contributed by atoms with Gasteiger partial charge in [-0.3, -0.25) is 0 Å². The molecule has 0 N–H and O–H groups in total. The van der Waals surface area contributed by atoms with Crippen LogP contribution in [0.4, 0.5) is 5.95 Å². The summed E-state index contributed by atoms with van der Waals surface area (Å²) in [6.45, 7) is 3.96. The molecule has 0 saturated heterocycles. The summed E-state index contributed by atoms with van der Waals surface area (Å²) in [5, 5.41) is 0. The minimum absolute atomic E-state index is 0.781. The number of hydrogen-bond donors (Lipinski definition) is 0. The average molecular weight is 306 g/mol. The Labute approximate surface area is 116 Å². The average Bonchev–Trinajstić information content (AvgIpc) is 2.40. The van der Waals surface area contributed by atoms with Gasteiger partial charge in [0.2, 0.25) is 5.95 Å². The van der Waals surface area contributed by atoms with Crippen molar-refractivity contribution >= 4 is 21.9 Å². The Morgan fingerprint density at radius 1 is 1.11 bits per heavy atom. The SMILES string of the molecule is CCCN(Cc1ccccc1)c1ncc(Br)cn1. The second-order valence-corrected chi connectivity index (χ2v) is 5.02. The molecule has 0 aliphatic carbocycles. The molecule has 2 rings (SSSR count). The molecule has 3 nitrogen and oxygen atoms in total. The first-order valence-corrected chi connectivity index (χ1v) is 6.85. The molecule has 0 aliphatic rings. The Balaban J connectivity index is 2.15. The van der Waals surface area contributed by atoms with Crippen LogP contribution < -0.4 is 4.90 Å². The van der Waals surface area contributed by atoms with Gasteiger partial charge in [0, 0.05) is 25.5 Å². The second kappa shape index (κ2) is 6.50. The molecule has 0 unspecified atom stereocenters. The first-order valence-electron chi connectivity index (χ1n) is 6.06. The van der Waals surface area contributed by atoms with Crippen molar-refractivity contribution in [3.05, 3.63) is 52.8 Å². The first kappa shape index (κ1) is 13.0. The van der Waals surface area contributed by atoms with Crippen molar-refractivity contribution in [3.8, 4) is 0 Å². The van der Waals surface area contributed by atoms with Crippen LogP contribution in [0.25, 0.3) is 0 Å². The van der Waals surface area contributed by atoms with Crippen molar-refractivity contribution in [2.45, 2.75) is 19.9 Å². The van der Waals surface area contributed by atoms with Crippen LogP contribution in [0.3, 0.4) is 0 Å². The summed E-state index contributed by atoms with van der Waals surface area (Å²) in [5.74, 6) is 0.781. The van der Waals surface area contributed by atoms with E-state index < -0.39 is 0 Å². The minimum Gasteiger partial charge on any atom is -0.337 e. The largest absolute Gasteiger partial charge is 0.337 e. The van der Waals surface area contributed by atoms with Crippen LogP contribution in [0, 0.1) is 0 Å². The Morgan fingerprint density at radius 2 is 1.78 bits per heavy atom. The zero-order valence-corrected chi connectivity index (χ0v) is 12.0. The molecule has 2 aromatic rings. The Bertz CT molecular complexity index is 470. The number of nitrogens with zero attached hydrogens (tertiary/aromatic N) is 3. The second-order valence-electron chi connectivity index (χ2n) is 4.11. The Hall–Kier alpha value is -1.42. The summed E-state index contributed by atoms with van der Waals surface area (Å²) in [6, 6.07) is 10.4. The number of rotatable bonds is 5. The number of aromatic nitrogens is 2. The standard InChI is InChI=1S/C14H16BrN3/c1-2-8-18(11-12-6-4-3-5-7-12)14-16-9-13(15)10-17-14/h3-7,9-10H,2,8,11H2,1H3. The molecule has 1 aromatic heterocycles. The summed E-state index contributed by atoms with van der Waals surface area (Å²) >= 11 is 3.36. The van der Waals surface area contributed by atoms with Gasteiger partial charge >= 0.3 is 0 Å². The highest BCUT2D eigenvalue weighted by Gasteiger charge is 2.08. The topological polar surface area (TPSA) is 29.0 Å². The van der Waals surface area contributed by atoms with Gasteiger partial charge in [-0.05, 0) is 27.9 Å². The van der Waals surface area contributed by atoms with E-state index in [9.17, 15) is 0 Å². The van der Waals surface area contributed by atoms with Crippen LogP contribution in [-0.4, -0.2) is 16.5 Å². The normalized spacial score (nSPS) is 10.3. The zero-order chi connectivity index (χ0) is 12.8. The molecule has 0 atom stereocenters. The molecule has 0 bridgehead atoms. The van der Waals surface area contributed by atoms with Crippen LogP contribution >= 0.6 is 15.9 Å². The number of halogens is 1. The van der Waals surface area contributed by atoms with Crippen LogP contribution in [0.2, 0.25) is 0 Å². The van der Waals surface area contributed by atoms with Gasteiger partial charge in [0.15, 0.2) is 0 Å². The first-order chi connectivity index (χ1) is 8.79. The van der Waals surface area contributed by atoms with Gasteiger partial charge in [-0.1, -0.05) is 37.3 Å². The lowest BCUT2D eigenvalue weighted by Gasteiger charge is -2.21. The quantitative estimate of drug-likeness (QED) is 0.844. The van der Waals surface area contributed by atoms with E-state index in [4.69, 9.17) is 0 Å². The van der Waals surface area contributed by atoms with Crippen molar-refractivity contribution in [1.29, 1.82) is 0 Å². The van der Waals surface area contributed by atoms with E-state index >= 15 is 0 Å². The fourth-order valence-corrected chi connectivity index (χ4v) is 2.00. The van der Waals surface area contributed by atoms with Gasteiger partial charge in [0.25, 0.3) is 0 Å². The molecule has 0 radical (unpaired) electrons. The van der Waals surface area contributed by atoms with E-state index in [2.05, 4.69) is 62.0 Å². The van der Waals surface area contributed by atoms with Gasteiger partial charge in [0.1, 0.15) is 0 Å². The van der Waals surface area contributed by atoms with E-state index in [0.29, 0.717) is 0 Å². The van der Waals surface area contributed by atoms with E-state index in [1.807, 2.05) is 6.07 Å². The molecule has 1 aromatic carbocycles. The Morgan fingerprint density at radius 3 is 2.39 bits per heavy atom. The number of benzene rings is 1. The summed E-state index contributed by atoms with van der Waals surface area (Å²) < 4.78 is 0.905. The summed E-state index contributed by atoms with van der Waals surface area (Å²) in [7, 11) is 0. The van der Waals surface area contributed by atoms with Gasteiger partial charge in [0.05, 0.1) is 4.47 Å². The molecule has 0 saturated carbocycles. The van der Waals surface area contributed by atoms with Gasteiger partial charge in [-0.2, -0.15) is 0 Å². The van der Waals surface area contributed by atoms with Crippen molar-refractivity contribution in [3.63, 3.8) is 0 Å². The molecule has 0 fully saturated rings. The summed E-state index contributed by atoms with van der Waals surface area (Å²) in [4.78, 5) is 10.9. The van der Waals surface area contributed by atoms with E-state index in [-0.39, 0.29) is 0 Å². The van der Waals surface area contributed by atoms with Crippen molar-refractivity contribution in [2.75, 3.05) is 11.4 Å². The van der Waals surface area contributed by atoms with Gasteiger partial charge in [-0.25, -0.2) is 9.97 Å². The molecule has 18 heavy (non-hydrogen) atoms. The predicted octanol–water partition coefficient (Wildman–Crippen LogP) is 3.66. The summed E-state index contributed by atoms with van der Waals surface area (Å²) in [5.41, 5.74) is 1.28. The number of hydrogen-bond acceptors (Lipinski definition) is 3. The molecule has 0 amide bonds. The number of anilines is 1. The molecular weight excluding hydrogens is 290 g/mol. The maximum atomic E-state index is 4.36. The maximum Gasteiger partial charge on any atom is 0.225 e. The zero-order valence-electron chi connectivity index (χ0n) is 10.4. The van der Waals surface area contributed by atoms with Crippen LogP contribution in [0.5, 0.6) is 0 Å². The minimum atomic E-state index is 0.781. The molecule has 4 heteroatoms. The molecule has 1 heterocycles. The lowest BCUT2D eigenvalue weighted by molar-refractivity contribution is 0.738. The smallest absolute Gasteiger partial charge is 0.225 e. The fourth-order valence-electron chi connectivity index (χ4n) is 1.79. The highest BCUT2D eigenvalue weighted by Crippen LogP contribution is 2.14. The van der Waals surface area contributed by atoms with Crippen molar-refractivity contribution in [2.24, 2.45) is 0 Å². The van der Waals surface area contributed by atoms with Gasteiger partial charge < -0.3 is 4.90 Å². The van der Waals surface area contributed by atoms with Crippen LogP contribution in [0.15, 0.2) is 47.2 Å². The van der Waals surface area contributed by atoms with Crippen LogP contribution in [0.1, 0.15) is 18.9 Å². The third-order valence-corrected chi connectivity index (χ3v) is 3.01. The monoisotopic (exact) mass is 305 g/mol. The summed E-state index contributed by atoms with van der Waals surface area (Å²) in [6.07, 6.45) is 4.65. The molecule has 0 spiro atoms. The molecule has 94 valence electrons. The van der Waals surface area contributed by atoms with E-state index in [1.165, 1.54) is 5.56 Å². The lowest BCUT2D eigenvalue weighted by atomic mass is 10.2. The van der Waals surface area contributed by atoms with Gasteiger partial charge in [-0.15, -0.1) is 0 Å². The predicted molar refractivity (Wildman–Crippen MR) is 77.5 cm³/mol. The van der Waals surface area contributed by atoms with E-state index in [0.717, 1.165) is 29.9 Å². The molecular formula is C14H16BrN3. The van der Waals surface area contributed by atoms with E-state index in [1.54, 1.807) is 12.4 Å². The Kier molecular flexibility index (Phi) is 4.70. The highest BCUT2D eigenvalue weighted by molar-refractivity contribution is 9.10. The maximum absolute atomic E-state index is 4.36. The fraction of sp³-hybridized carbons (Fsp3) is 0.286. The van der Waals surface area contributed by atoms with Crippen LogP contribution in [-0.2, 0) is 6.54 Å². The third kappa shape index (κ3) is 3.53. The lowest BCUT2D eigenvalue weighted by Crippen LogP contribution is -2.25. The van der Waals surface area contributed by atoms with Crippen molar-refractivity contribution in [1.82, 2.24) is 9.97 Å².